The van der Waals surface area contributed by atoms with Crippen LogP contribution in [0.15, 0.2) is 42.5 Å². The Morgan fingerprint density at radius 1 is 0.960 bits per heavy atom. The highest BCUT2D eigenvalue weighted by Crippen LogP contribution is 2.26. The Hall–Kier alpha value is -1.04. The van der Waals surface area contributed by atoms with Crippen LogP contribution in [0.2, 0.25) is 15.1 Å². The highest BCUT2D eigenvalue weighted by molar-refractivity contribution is 7.80. The predicted octanol–water partition coefficient (Wildman–Crippen LogP) is 5.16. The van der Waals surface area contributed by atoms with E-state index in [9.17, 15) is 0 Å². The van der Waals surface area contributed by atoms with Gasteiger partial charge in [0.05, 0.1) is 10.7 Å². The minimum absolute atomic E-state index is 0.603. The zero-order chi connectivity index (χ0) is 17.8. The largest absolute Gasteiger partial charge is 0.346 e. The van der Waals surface area contributed by atoms with Gasteiger partial charge in [0.2, 0.25) is 0 Å². The quantitative estimate of drug-likeness (QED) is 0.699. The summed E-state index contributed by atoms with van der Waals surface area (Å²) < 4.78 is 0. The smallest absolute Gasteiger partial charge is 0.173 e. The lowest BCUT2D eigenvalue weighted by Crippen LogP contribution is -2.49. The second-order valence-corrected chi connectivity index (χ2v) is 7.61. The Kier molecular flexibility index (Phi) is 6.42. The van der Waals surface area contributed by atoms with Gasteiger partial charge in [0, 0.05) is 42.8 Å². The number of nitrogens with zero attached hydrogens (tertiary/aromatic N) is 2. The topological polar surface area (TPSA) is 18.5 Å². The monoisotopic (exact) mass is 413 g/mol. The summed E-state index contributed by atoms with van der Waals surface area (Å²) >= 11 is 23.8. The fraction of sp³-hybridized carbons (Fsp3) is 0.278. The van der Waals surface area contributed by atoms with Crippen LogP contribution in [0.25, 0.3) is 0 Å². The Labute approximate surface area is 168 Å². The molecule has 0 spiro atoms. The van der Waals surface area contributed by atoms with Crippen LogP contribution in [-0.4, -0.2) is 41.1 Å². The first-order valence-corrected chi connectivity index (χ1v) is 9.53. The van der Waals surface area contributed by atoms with Gasteiger partial charge in [0.1, 0.15) is 0 Å². The Morgan fingerprint density at radius 2 is 1.68 bits per heavy atom. The molecule has 0 aliphatic carbocycles. The van der Waals surface area contributed by atoms with Gasteiger partial charge in [-0.1, -0.05) is 46.9 Å². The number of benzene rings is 2. The zero-order valence-electron chi connectivity index (χ0n) is 13.5. The van der Waals surface area contributed by atoms with Crippen molar-refractivity contribution in [2.45, 2.75) is 6.54 Å². The molecule has 3 nitrogen and oxygen atoms in total. The highest BCUT2D eigenvalue weighted by Gasteiger charge is 2.19. The molecule has 0 saturated carbocycles. The van der Waals surface area contributed by atoms with E-state index < -0.39 is 0 Å². The van der Waals surface area contributed by atoms with Gasteiger partial charge in [-0.05, 0) is 48.1 Å². The number of hydrogen-bond donors (Lipinski definition) is 1. The minimum atomic E-state index is 0.603. The molecule has 2 aromatic carbocycles. The molecule has 2 aromatic rings. The molecule has 1 N–H and O–H groups in total. The fourth-order valence-electron chi connectivity index (χ4n) is 2.79. The van der Waals surface area contributed by atoms with Gasteiger partial charge in [-0.15, -0.1) is 0 Å². The maximum atomic E-state index is 6.19. The van der Waals surface area contributed by atoms with Crippen molar-refractivity contribution < 1.29 is 0 Å². The second-order valence-electron chi connectivity index (χ2n) is 5.95. The third kappa shape index (κ3) is 5.22. The first-order chi connectivity index (χ1) is 12.0. The van der Waals surface area contributed by atoms with Gasteiger partial charge in [0.25, 0.3) is 0 Å². The normalized spacial score (nSPS) is 15.2. The molecule has 7 heteroatoms. The Balaban J connectivity index is 1.53. The van der Waals surface area contributed by atoms with E-state index in [1.807, 2.05) is 18.2 Å². The molecule has 0 atom stereocenters. The molecular weight excluding hydrogens is 397 g/mol. The highest BCUT2D eigenvalue weighted by atomic mass is 35.5. The molecule has 1 fully saturated rings. The fourth-order valence-corrected chi connectivity index (χ4v) is 3.63. The predicted molar refractivity (Wildman–Crippen MR) is 111 cm³/mol. The standard InChI is InChI=1S/C18H18Cl3N3S/c19-14-3-1-2-13(10-14)12-23-6-8-24(9-7-23)18(25)22-17-11-15(20)4-5-16(17)21/h1-5,10-11H,6-9,12H2,(H,22,25). The van der Waals surface area contributed by atoms with Crippen LogP contribution in [0.5, 0.6) is 0 Å². The van der Waals surface area contributed by atoms with Crippen LogP contribution in [0, 0.1) is 0 Å². The average Bonchev–Trinajstić information content (AvgIpc) is 2.59. The Bertz CT molecular complexity index is 761. The van der Waals surface area contributed by atoms with Crippen LogP contribution in [0.1, 0.15) is 5.56 Å². The number of hydrogen-bond acceptors (Lipinski definition) is 2. The van der Waals surface area contributed by atoms with E-state index in [1.54, 1.807) is 18.2 Å². The maximum Gasteiger partial charge on any atom is 0.173 e. The number of thiocarbonyl (C=S) groups is 1. The van der Waals surface area contributed by atoms with Crippen molar-refractivity contribution in [3.63, 3.8) is 0 Å². The van der Waals surface area contributed by atoms with E-state index in [1.165, 1.54) is 5.56 Å². The van der Waals surface area contributed by atoms with E-state index in [2.05, 4.69) is 21.2 Å². The number of piperazine rings is 1. The summed E-state index contributed by atoms with van der Waals surface area (Å²) in [6.45, 7) is 4.51. The maximum absolute atomic E-state index is 6.19. The van der Waals surface area contributed by atoms with Gasteiger partial charge in [-0.2, -0.15) is 0 Å². The third-order valence-corrected chi connectivity index (χ3v) is 5.28. The number of halogens is 3. The van der Waals surface area contributed by atoms with Crippen LogP contribution in [-0.2, 0) is 6.54 Å². The van der Waals surface area contributed by atoms with E-state index in [0.29, 0.717) is 15.2 Å². The summed E-state index contributed by atoms with van der Waals surface area (Å²) in [7, 11) is 0. The first-order valence-electron chi connectivity index (χ1n) is 7.99. The van der Waals surface area contributed by atoms with Crippen LogP contribution < -0.4 is 5.32 Å². The van der Waals surface area contributed by atoms with Gasteiger partial charge < -0.3 is 10.2 Å². The number of nitrogens with one attached hydrogen (secondary N) is 1. The van der Waals surface area contributed by atoms with Crippen LogP contribution in [0.3, 0.4) is 0 Å². The molecule has 0 radical (unpaired) electrons. The van der Waals surface area contributed by atoms with Crippen molar-refractivity contribution >= 4 is 57.8 Å². The molecule has 132 valence electrons. The van der Waals surface area contributed by atoms with Crippen LogP contribution in [0.4, 0.5) is 5.69 Å². The second kappa shape index (κ2) is 8.56. The molecule has 0 aromatic heterocycles. The van der Waals surface area contributed by atoms with Crippen molar-refractivity contribution in [1.82, 2.24) is 9.80 Å². The lowest BCUT2D eigenvalue weighted by atomic mass is 10.2. The molecule has 3 rings (SSSR count). The molecule has 0 bridgehead atoms. The number of anilines is 1. The molecular formula is C18H18Cl3N3S. The van der Waals surface area contributed by atoms with E-state index >= 15 is 0 Å². The van der Waals surface area contributed by atoms with E-state index in [-0.39, 0.29) is 0 Å². The summed E-state index contributed by atoms with van der Waals surface area (Å²) in [5, 5.41) is 5.88. The van der Waals surface area contributed by atoms with Crippen molar-refractivity contribution in [3.05, 3.63) is 63.1 Å². The van der Waals surface area contributed by atoms with Crippen molar-refractivity contribution in [1.29, 1.82) is 0 Å². The lowest BCUT2D eigenvalue weighted by Gasteiger charge is -2.36. The molecule has 0 amide bonds. The van der Waals surface area contributed by atoms with Crippen molar-refractivity contribution in [2.75, 3.05) is 31.5 Å². The van der Waals surface area contributed by atoms with Crippen molar-refractivity contribution in [3.8, 4) is 0 Å². The van der Waals surface area contributed by atoms with Gasteiger partial charge in [-0.25, -0.2) is 0 Å². The first kappa shape index (κ1) is 18.7. The average molecular weight is 415 g/mol. The Morgan fingerprint density at radius 3 is 2.40 bits per heavy atom. The van der Waals surface area contributed by atoms with E-state index in [4.69, 9.17) is 47.0 Å². The minimum Gasteiger partial charge on any atom is -0.346 e. The summed E-state index contributed by atoms with van der Waals surface area (Å²) in [5.41, 5.74) is 1.97. The summed E-state index contributed by atoms with van der Waals surface area (Å²) in [4.78, 5) is 4.55. The zero-order valence-corrected chi connectivity index (χ0v) is 16.6. The molecule has 1 heterocycles. The van der Waals surface area contributed by atoms with E-state index in [0.717, 1.165) is 43.4 Å². The summed E-state index contributed by atoms with van der Waals surface area (Å²) in [6.07, 6.45) is 0. The van der Waals surface area contributed by atoms with Gasteiger partial charge in [-0.3, -0.25) is 4.90 Å². The SMILES string of the molecule is S=C(Nc1cc(Cl)ccc1Cl)N1CCN(Cc2cccc(Cl)c2)CC1. The van der Waals surface area contributed by atoms with Crippen LogP contribution >= 0.6 is 47.0 Å². The van der Waals surface area contributed by atoms with Crippen molar-refractivity contribution in [2.24, 2.45) is 0 Å². The molecule has 1 saturated heterocycles. The molecule has 0 unspecified atom stereocenters. The summed E-state index contributed by atoms with van der Waals surface area (Å²) in [5.74, 6) is 0. The lowest BCUT2D eigenvalue weighted by molar-refractivity contribution is 0.177. The molecule has 25 heavy (non-hydrogen) atoms. The number of rotatable bonds is 3. The molecule has 1 aliphatic heterocycles. The summed E-state index contributed by atoms with van der Waals surface area (Å²) in [6, 6.07) is 13.3. The van der Waals surface area contributed by atoms with Gasteiger partial charge >= 0.3 is 0 Å². The molecule has 1 aliphatic rings. The third-order valence-electron chi connectivity index (χ3n) is 4.12. The van der Waals surface area contributed by atoms with Gasteiger partial charge in [0.15, 0.2) is 5.11 Å².